The molecule has 1 aliphatic heterocycles. The molecule has 1 aliphatic rings. The number of hydrogen-bond donors (Lipinski definition) is 2. The van der Waals surface area contributed by atoms with Gasteiger partial charge in [0.2, 0.25) is 11.8 Å². The predicted octanol–water partition coefficient (Wildman–Crippen LogP) is 1.32. The number of amides is 2. The fourth-order valence-electron chi connectivity index (χ4n) is 3.17. The van der Waals surface area contributed by atoms with E-state index in [1.165, 1.54) is 0 Å². The number of benzene rings is 2. The summed E-state index contributed by atoms with van der Waals surface area (Å²) in [7, 11) is 0. The number of fused-ring (bicyclic) bond motifs is 1. The van der Waals surface area contributed by atoms with Gasteiger partial charge in [0.15, 0.2) is 0 Å². The maximum Gasteiger partial charge on any atom is 0.242 e. The number of nitrogens with one attached hydrogen (secondary N) is 2. The van der Waals surface area contributed by atoms with Gasteiger partial charge in [0.1, 0.15) is 0 Å². The van der Waals surface area contributed by atoms with Crippen molar-refractivity contribution in [2.45, 2.75) is 19.4 Å². The van der Waals surface area contributed by atoms with Crippen molar-refractivity contribution in [1.82, 2.24) is 15.5 Å². The first-order valence-corrected chi connectivity index (χ1v) is 8.38. The first kappa shape index (κ1) is 16.5. The second kappa shape index (κ2) is 7.45. The van der Waals surface area contributed by atoms with E-state index in [2.05, 4.69) is 10.6 Å². The lowest BCUT2D eigenvalue weighted by molar-refractivity contribution is -0.135. The molecule has 24 heavy (non-hydrogen) atoms. The number of carbonyl (C=O) groups is 2. The smallest absolute Gasteiger partial charge is 0.242 e. The van der Waals surface area contributed by atoms with Crippen molar-refractivity contribution in [2.75, 3.05) is 26.2 Å². The van der Waals surface area contributed by atoms with Gasteiger partial charge in [-0.3, -0.25) is 9.59 Å². The van der Waals surface area contributed by atoms with Gasteiger partial charge in [-0.2, -0.15) is 0 Å². The van der Waals surface area contributed by atoms with E-state index in [1.807, 2.05) is 54.3 Å². The lowest BCUT2D eigenvalue weighted by atomic mass is 10.0. The zero-order valence-electron chi connectivity index (χ0n) is 13.9. The van der Waals surface area contributed by atoms with Crippen LogP contribution in [0.5, 0.6) is 0 Å². The topological polar surface area (TPSA) is 61.4 Å². The summed E-state index contributed by atoms with van der Waals surface area (Å²) < 4.78 is 0. The second-order valence-corrected chi connectivity index (χ2v) is 6.23. The van der Waals surface area contributed by atoms with Crippen LogP contribution in [0.4, 0.5) is 0 Å². The van der Waals surface area contributed by atoms with Gasteiger partial charge in [0.25, 0.3) is 0 Å². The van der Waals surface area contributed by atoms with Crippen LogP contribution in [0.2, 0.25) is 0 Å². The molecule has 0 radical (unpaired) electrons. The second-order valence-electron chi connectivity index (χ2n) is 6.23. The molecule has 0 aliphatic carbocycles. The molecule has 2 amide bonds. The molecule has 2 N–H and O–H groups in total. The maximum absolute atomic E-state index is 12.3. The molecule has 0 bridgehead atoms. The molecule has 1 atom stereocenters. The van der Waals surface area contributed by atoms with Gasteiger partial charge in [-0.05, 0) is 23.3 Å². The van der Waals surface area contributed by atoms with Crippen LogP contribution < -0.4 is 10.6 Å². The molecule has 3 rings (SSSR count). The Hall–Kier alpha value is -2.40. The summed E-state index contributed by atoms with van der Waals surface area (Å²) in [6.07, 6.45) is 0.283. The SMILES string of the molecule is CC1CNCCN1C(=O)CNC(=O)Cc1cccc2ccccc12. The van der Waals surface area contributed by atoms with Crippen molar-refractivity contribution >= 4 is 22.6 Å². The van der Waals surface area contributed by atoms with Crippen molar-refractivity contribution < 1.29 is 9.59 Å². The highest BCUT2D eigenvalue weighted by atomic mass is 16.2. The van der Waals surface area contributed by atoms with Crippen molar-refractivity contribution in [2.24, 2.45) is 0 Å². The van der Waals surface area contributed by atoms with Gasteiger partial charge in [-0.15, -0.1) is 0 Å². The van der Waals surface area contributed by atoms with Gasteiger partial charge in [-0.1, -0.05) is 42.5 Å². The molecule has 5 heteroatoms. The van der Waals surface area contributed by atoms with E-state index in [9.17, 15) is 9.59 Å². The van der Waals surface area contributed by atoms with E-state index >= 15 is 0 Å². The van der Waals surface area contributed by atoms with Crippen LogP contribution in [0, 0.1) is 0 Å². The molecule has 1 heterocycles. The molecule has 0 aromatic heterocycles. The summed E-state index contributed by atoms with van der Waals surface area (Å²) in [5, 5.41) is 8.22. The van der Waals surface area contributed by atoms with E-state index in [0.717, 1.165) is 29.4 Å². The van der Waals surface area contributed by atoms with Gasteiger partial charge in [-0.25, -0.2) is 0 Å². The van der Waals surface area contributed by atoms with Crippen LogP contribution in [0.25, 0.3) is 10.8 Å². The third kappa shape index (κ3) is 3.74. The van der Waals surface area contributed by atoms with Crippen LogP contribution >= 0.6 is 0 Å². The lowest BCUT2D eigenvalue weighted by Gasteiger charge is -2.34. The molecule has 5 nitrogen and oxygen atoms in total. The number of rotatable bonds is 4. The zero-order valence-corrected chi connectivity index (χ0v) is 13.9. The summed E-state index contributed by atoms with van der Waals surface area (Å²) in [5.74, 6) is -0.141. The number of carbonyl (C=O) groups excluding carboxylic acids is 2. The molecule has 2 aromatic rings. The number of nitrogens with zero attached hydrogens (tertiary/aromatic N) is 1. The van der Waals surface area contributed by atoms with E-state index in [0.29, 0.717) is 6.54 Å². The quantitative estimate of drug-likeness (QED) is 0.891. The molecule has 1 unspecified atom stereocenters. The van der Waals surface area contributed by atoms with E-state index < -0.39 is 0 Å². The number of hydrogen-bond acceptors (Lipinski definition) is 3. The summed E-state index contributed by atoms with van der Waals surface area (Å²) in [6.45, 7) is 4.38. The average molecular weight is 325 g/mol. The Morgan fingerprint density at radius 1 is 1.21 bits per heavy atom. The maximum atomic E-state index is 12.3. The van der Waals surface area contributed by atoms with E-state index in [-0.39, 0.29) is 30.8 Å². The Labute approximate surface area is 142 Å². The van der Waals surface area contributed by atoms with Gasteiger partial charge in [0, 0.05) is 25.7 Å². The fraction of sp³-hybridized carbons (Fsp3) is 0.368. The van der Waals surface area contributed by atoms with Crippen LogP contribution in [0.3, 0.4) is 0 Å². The van der Waals surface area contributed by atoms with E-state index in [1.54, 1.807) is 0 Å². The minimum absolute atomic E-state index is 0.0183. The highest BCUT2D eigenvalue weighted by Gasteiger charge is 2.22. The molecule has 1 saturated heterocycles. The molecule has 2 aromatic carbocycles. The van der Waals surface area contributed by atoms with Crippen molar-refractivity contribution in [3.8, 4) is 0 Å². The Balaban J connectivity index is 1.58. The predicted molar refractivity (Wildman–Crippen MR) is 94.7 cm³/mol. The van der Waals surface area contributed by atoms with E-state index in [4.69, 9.17) is 0 Å². The molecule has 0 spiro atoms. The van der Waals surface area contributed by atoms with Crippen molar-refractivity contribution in [1.29, 1.82) is 0 Å². The normalized spacial score (nSPS) is 17.7. The largest absolute Gasteiger partial charge is 0.347 e. The Kier molecular flexibility index (Phi) is 5.11. The van der Waals surface area contributed by atoms with Gasteiger partial charge < -0.3 is 15.5 Å². The highest BCUT2D eigenvalue weighted by Crippen LogP contribution is 2.18. The minimum atomic E-state index is -0.123. The van der Waals surface area contributed by atoms with Crippen LogP contribution in [0.15, 0.2) is 42.5 Å². The Morgan fingerprint density at radius 3 is 2.83 bits per heavy atom. The monoisotopic (exact) mass is 325 g/mol. The highest BCUT2D eigenvalue weighted by molar-refractivity contribution is 5.91. The molecular weight excluding hydrogens is 302 g/mol. The van der Waals surface area contributed by atoms with Crippen LogP contribution in [-0.2, 0) is 16.0 Å². The lowest BCUT2D eigenvalue weighted by Crippen LogP contribution is -2.54. The van der Waals surface area contributed by atoms with Crippen molar-refractivity contribution in [3.05, 3.63) is 48.0 Å². The molecule has 1 fully saturated rings. The third-order valence-electron chi connectivity index (χ3n) is 4.49. The van der Waals surface area contributed by atoms with Crippen LogP contribution in [0.1, 0.15) is 12.5 Å². The minimum Gasteiger partial charge on any atom is -0.347 e. The summed E-state index contributed by atoms with van der Waals surface area (Å²) in [4.78, 5) is 26.3. The number of piperazine rings is 1. The van der Waals surface area contributed by atoms with Crippen molar-refractivity contribution in [3.63, 3.8) is 0 Å². The molecular formula is C19H23N3O2. The summed E-state index contributed by atoms with van der Waals surface area (Å²) >= 11 is 0. The first-order valence-electron chi connectivity index (χ1n) is 8.38. The molecule has 126 valence electrons. The summed E-state index contributed by atoms with van der Waals surface area (Å²) in [6, 6.07) is 14.1. The Morgan fingerprint density at radius 2 is 2.00 bits per heavy atom. The molecule has 0 saturated carbocycles. The standard InChI is InChI=1S/C19H23N3O2/c1-14-12-20-9-10-22(14)19(24)13-21-18(23)11-16-7-4-6-15-5-2-3-8-17(15)16/h2-8,14,20H,9-13H2,1H3,(H,21,23). The summed E-state index contributed by atoms with van der Waals surface area (Å²) in [5.41, 5.74) is 0.980. The zero-order chi connectivity index (χ0) is 16.9. The Bertz CT molecular complexity index is 739. The fourth-order valence-corrected chi connectivity index (χ4v) is 3.17. The van der Waals surface area contributed by atoms with Crippen LogP contribution in [-0.4, -0.2) is 48.9 Å². The van der Waals surface area contributed by atoms with Gasteiger partial charge in [0.05, 0.1) is 13.0 Å². The average Bonchev–Trinajstić information content (AvgIpc) is 2.60. The van der Waals surface area contributed by atoms with Gasteiger partial charge >= 0.3 is 0 Å². The third-order valence-corrected chi connectivity index (χ3v) is 4.49. The first-order chi connectivity index (χ1) is 11.6.